The predicted octanol–water partition coefficient (Wildman–Crippen LogP) is 5.74. The van der Waals surface area contributed by atoms with Gasteiger partial charge in [-0.2, -0.15) is 0 Å². The summed E-state index contributed by atoms with van der Waals surface area (Å²) in [6.07, 6.45) is 0.148. The molecule has 0 atom stereocenters. The van der Waals surface area contributed by atoms with Gasteiger partial charge < -0.3 is 20.5 Å². The van der Waals surface area contributed by atoms with Gasteiger partial charge in [0.05, 0.1) is 25.9 Å². The molecule has 0 unspecified atom stereocenters. The molecule has 3 N–H and O–H groups in total. The minimum Gasteiger partial charge on any atom is -0.491 e. The quantitative estimate of drug-likeness (QED) is 0.210. The average Bonchev–Trinajstić information content (AvgIpc) is 2.74. The van der Waals surface area contributed by atoms with Crippen molar-refractivity contribution >= 4 is 35.6 Å². The Hall–Kier alpha value is -2.58. The number of nitrogens with two attached hydrogens (primary N) is 1. The molecule has 0 aliphatic carbocycles. The first-order chi connectivity index (χ1) is 14.6. The lowest BCUT2D eigenvalue weighted by atomic mass is 10.1. The van der Waals surface area contributed by atoms with Crippen LogP contribution >= 0.6 is 24.0 Å². The summed E-state index contributed by atoms with van der Waals surface area (Å²) in [5, 5.41) is 3.11. The number of guanidine groups is 1. The second kappa shape index (κ2) is 13.0. The first-order valence-electron chi connectivity index (χ1n) is 10.1. The molecule has 0 fully saturated rings. The van der Waals surface area contributed by atoms with E-state index in [1.54, 1.807) is 0 Å². The molecule has 0 aliphatic heterocycles. The van der Waals surface area contributed by atoms with Crippen molar-refractivity contribution in [1.82, 2.24) is 0 Å². The van der Waals surface area contributed by atoms with Crippen molar-refractivity contribution in [3.05, 3.63) is 95.6 Å². The molecule has 3 aromatic carbocycles. The number of nitrogens with one attached hydrogen (secondary N) is 1. The number of aliphatic imine (C=N–C) groups is 1. The number of nitrogens with zero attached hydrogens (tertiary/aromatic N) is 1. The van der Waals surface area contributed by atoms with Gasteiger partial charge >= 0.3 is 0 Å². The maximum Gasteiger partial charge on any atom is 0.193 e. The predicted molar refractivity (Wildman–Crippen MR) is 138 cm³/mol. The maximum absolute atomic E-state index is 6.04. The second-order valence-electron chi connectivity index (χ2n) is 7.32. The van der Waals surface area contributed by atoms with Gasteiger partial charge in [-0.3, -0.25) is 0 Å². The molecular formula is C25H30IN3O2. The Labute approximate surface area is 201 Å². The fourth-order valence-corrected chi connectivity index (χ4v) is 2.93. The molecule has 0 aliphatic rings. The Morgan fingerprint density at radius 2 is 1.52 bits per heavy atom. The van der Waals surface area contributed by atoms with Crippen molar-refractivity contribution < 1.29 is 9.47 Å². The largest absolute Gasteiger partial charge is 0.491 e. The summed E-state index contributed by atoms with van der Waals surface area (Å²) < 4.78 is 11.5. The zero-order valence-electron chi connectivity index (χ0n) is 18.0. The van der Waals surface area contributed by atoms with Gasteiger partial charge in [0.2, 0.25) is 0 Å². The molecule has 0 saturated heterocycles. The lowest BCUT2D eigenvalue weighted by Crippen LogP contribution is -2.22. The Kier molecular flexibility index (Phi) is 10.3. The zero-order valence-corrected chi connectivity index (χ0v) is 20.3. The van der Waals surface area contributed by atoms with Crippen LogP contribution in [0.3, 0.4) is 0 Å². The van der Waals surface area contributed by atoms with Crippen molar-refractivity contribution in [2.45, 2.75) is 39.7 Å². The van der Waals surface area contributed by atoms with Gasteiger partial charge in [0.15, 0.2) is 5.96 Å². The van der Waals surface area contributed by atoms with E-state index in [0.717, 1.165) is 22.6 Å². The molecule has 3 aromatic rings. The first-order valence-corrected chi connectivity index (χ1v) is 10.1. The molecule has 3 rings (SSSR count). The molecule has 0 radical (unpaired) electrons. The molecule has 164 valence electrons. The standard InChI is InChI=1S/C25H29N3O2.HI/c1-19(2)30-24-13-11-23(12-14-24)28-25(26)27-16-21-9-6-10-22(15-21)18-29-17-20-7-4-3-5-8-20;/h3-15,19H,16-18H2,1-2H3,(H3,26,27,28);1H. The molecule has 0 aromatic heterocycles. The number of anilines is 1. The fraction of sp³-hybridized carbons (Fsp3) is 0.240. The van der Waals surface area contributed by atoms with Crippen LogP contribution in [0.4, 0.5) is 5.69 Å². The highest BCUT2D eigenvalue weighted by atomic mass is 127. The summed E-state index contributed by atoms with van der Waals surface area (Å²) >= 11 is 0. The van der Waals surface area contributed by atoms with Gasteiger partial charge in [0.25, 0.3) is 0 Å². The minimum absolute atomic E-state index is 0. The highest BCUT2D eigenvalue weighted by molar-refractivity contribution is 14.0. The number of ether oxygens (including phenoxy) is 2. The summed E-state index contributed by atoms with van der Waals surface area (Å²) in [5.41, 5.74) is 10.3. The molecule has 6 heteroatoms. The third-order valence-corrected chi connectivity index (χ3v) is 4.30. The lowest BCUT2D eigenvalue weighted by molar-refractivity contribution is 0.107. The van der Waals surface area contributed by atoms with Gasteiger partial charge in [0.1, 0.15) is 5.75 Å². The number of halogens is 1. The highest BCUT2D eigenvalue weighted by Gasteiger charge is 2.01. The third kappa shape index (κ3) is 8.98. The van der Waals surface area contributed by atoms with Crippen LogP contribution in [0.5, 0.6) is 5.75 Å². The summed E-state index contributed by atoms with van der Waals surface area (Å²) in [4.78, 5) is 4.44. The molecule has 31 heavy (non-hydrogen) atoms. The van der Waals surface area contributed by atoms with Crippen LogP contribution in [0.15, 0.2) is 83.9 Å². The monoisotopic (exact) mass is 531 g/mol. The van der Waals surface area contributed by atoms with Gasteiger partial charge in [0, 0.05) is 5.69 Å². The number of benzene rings is 3. The van der Waals surface area contributed by atoms with E-state index in [1.165, 1.54) is 5.56 Å². The maximum atomic E-state index is 6.04. The van der Waals surface area contributed by atoms with E-state index in [0.29, 0.717) is 25.7 Å². The Bertz CT molecular complexity index is 944. The molecule has 0 heterocycles. The third-order valence-electron chi connectivity index (χ3n) is 4.30. The number of hydrogen-bond acceptors (Lipinski definition) is 3. The van der Waals surface area contributed by atoms with Crippen molar-refractivity contribution in [2.24, 2.45) is 10.7 Å². The Morgan fingerprint density at radius 1 is 0.871 bits per heavy atom. The molecular weight excluding hydrogens is 501 g/mol. The lowest BCUT2D eigenvalue weighted by Gasteiger charge is -2.11. The smallest absolute Gasteiger partial charge is 0.193 e. The van der Waals surface area contributed by atoms with Crippen LogP contribution in [0.1, 0.15) is 30.5 Å². The van der Waals surface area contributed by atoms with Crippen LogP contribution in [0.25, 0.3) is 0 Å². The molecule has 0 bridgehead atoms. The van der Waals surface area contributed by atoms with E-state index in [1.807, 2.05) is 68.4 Å². The van der Waals surface area contributed by atoms with Gasteiger partial charge in [-0.05, 0) is 54.8 Å². The van der Waals surface area contributed by atoms with Crippen molar-refractivity contribution in [2.75, 3.05) is 5.32 Å². The van der Waals surface area contributed by atoms with Crippen LogP contribution in [-0.4, -0.2) is 12.1 Å². The van der Waals surface area contributed by atoms with E-state index in [9.17, 15) is 0 Å². The second-order valence-corrected chi connectivity index (χ2v) is 7.32. The summed E-state index contributed by atoms with van der Waals surface area (Å²) in [6, 6.07) is 26.0. The molecule has 0 saturated carbocycles. The fourth-order valence-electron chi connectivity index (χ4n) is 2.93. The molecule has 5 nitrogen and oxygen atoms in total. The van der Waals surface area contributed by atoms with Gasteiger partial charge in [-0.25, -0.2) is 4.99 Å². The molecule has 0 amide bonds. The number of hydrogen-bond donors (Lipinski definition) is 2. The van der Waals surface area contributed by atoms with Crippen LogP contribution < -0.4 is 15.8 Å². The summed E-state index contributed by atoms with van der Waals surface area (Å²) in [6.45, 7) is 5.66. The van der Waals surface area contributed by atoms with Crippen LogP contribution in [0, 0.1) is 0 Å². The SMILES string of the molecule is CC(C)Oc1ccc(NC(N)=NCc2cccc(COCc3ccccc3)c2)cc1.I. The van der Waals surface area contributed by atoms with E-state index in [-0.39, 0.29) is 30.1 Å². The van der Waals surface area contributed by atoms with E-state index >= 15 is 0 Å². The van der Waals surface area contributed by atoms with Crippen molar-refractivity contribution in [1.29, 1.82) is 0 Å². The first kappa shape index (κ1) is 24.7. The van der Waals surface area contributed by atoms with Gasteiger partial charge in [-0.15, -0.1) is 24.0 Å². The van der Waals surface area contributed by atoms with Crippen molar-refractivity contribution in [3.8, 4) is 5.75 Å². The van der Waals surface area contributed by atoms with Gasteiger partial charge in [-0.1, -0.05) is 54.6 Å². The minimum atomic E-state index is 0. The average molecular weight is 531 g/mol. The molecule has 0 spiro atoms. The van der Waals surface area contributed by atoms with E-state index in [4.69, 9.17) is 15.2 Å². The van der Waals surface area contributed by atoms with Crippen LogP contribution in [0.2, 0.25) is 0 Å². The zero-order chi connectivity index (χ0) is 21.2. The Balaban J connectivity index is 0.00000341. The van der Waals surface area contributed by atoms with Crippen molar-refractivity contribution in [3.63, 3.8) is 0 Å². The number of rotatable bonds is 9. The van der Waals surface area contributed by atoms with E-state index < -0.39 is 0 Å². The topological polar surface area (TPSA) is 68.9 Å². The summed E-state index contributed by atoms with van der Waals surface area (Å²) in [7, 11) is 0. The van der Waals surface area contributed by atoms with Crippen LogP contribution in [-0.2, 0) is 24.5 Å². The Morgan fingerprint density at radius 3 is 2.23 bits per heavy atom. The normalized spacial score (nSPS) is 11.1. The van der Waals surface area contributed by atoms with E-state index in [2.05, 4.69) is 34.6 Å². The highest BCUT2D eigenvalue weighted by Crippen LogP contribution is 2.17. The summed E-state index contributed by atoms with van der Waals surface area (Å²) in [5.74, 6) is 1.20.